The van der Waals surface area contributed by atoms with E-state index in [9.17, 15) is 9.59 Å². The molecule has 1 N–H and O–H groups in total. The molecule has 0 unspecified atom stereocenters. The highest BCUT2D eigenvalue weighted by atomic mass is 79.9. The molecule has 0 saturated heterocycles. The summed E-state index contributed by atoms with van der Waals surface area (Å²) < 4.78 is 0.747. The van der Waals surface area contributed by atoms with Crippen molar-refractivity contribution in [1.29, 1.82) is 0 Å². The van der Waals surface area contributed by atoms with E-state index >= 15 is 0 Å². The van der Waals surface area contributed by atoms with Crippen molar-refractivity contribution in [3.05, 3.63) is 56.7 Å². The molecule has 0 aliphatic rings. The second-order valence-corrected chi connectivity index (χ2v) is 5.34. The molecule has 1 aromatic carbocycles. The quantitative estimate of drug-likeness (QED) is 0.879. The molecule has 0 aliphatic heterocycles. The van der Waals surface area contributed by atoms with E-state index in [2.05, 4.69) is 21.2 Å². The number of benzene rings is 1. The average molecular weight is 324 g/mol. The minimum absolute atomic E-state index is 0.00713. The molecular weight excluding hydrogens is 314 g/mol. The fraction of sp³-hybridized carbons (Fsp3) is 0.0769. The molecule has 0 radical (unpaired) electrons. The number of halogens is 1. The number of carbonyl (C=O) groups is 2. The van der Waals surface area contributed by atoms with Crippen LogP contribution in [0.1, 0.15) is 20.0 Å². The Morgan fingerprint density at radius 1 is 1.17 bits per heavy atom. The highest BCUT2D eigenvalue weighted by molar-refractivity contribution is 9.10. The third kappa shape index (κ3) is 3.05. The number of carbonyl (C=O) groups excluding carboxylic acids is 2. The molecule has 2 rings (SSSR count). The van der Waals surface area contributed by atoms with E-state index in [0.29, 0.717) is 10.4 Å². The van der Waals surface area contributed by atoms with Crippen LogP contribution < -0.4 is 5.32 Å². The maximum atomic E-state index is 11.8. The van der Waals surface area contributed by atoms with E-state index in [4.69, 9.17) is 0 Å². The number of hydrogen-bond acceptors (Lipinski definition) is 3. The van der Waals surface area contributed by atoms with Gasteiger partial charge >= 0.3 is 0 Å². The largest absolute Gasteiger partial charge is 0.344 e. The van der Waals surface area contributed by atoms with Crippen molar-refractivity contribution >= 4 is 39.0 Å². The number of nitrogens with one attached hydrogen (secondary N) is 1. The molecule has 0 aliphatic carbocycles. The van der Waals surface area contributed by atoms with Gasteiger partial charge in [-0.1, -0.05) is 30.3 Å². The predicted octanol–water partition coefficient (Wildman–Crippen LogP) is 3.12. The standard InChI is InChI=1S/C13H10BrNO2S/c14-10-6-7-18-12(10)13(17)15-8-11(16)9-4-2-1-3-5-9/h1-7H,8H2,(H,15,17). The van der Waals surface area contributed by atoms with Gasteiger partial charge in [-0.05, 0) is 27.4 Å². The first kappa shape index (κ1) is 13.0. The molecule has 0 fully saturated rings. The van der Waals surface area contributed by atoms with Crippen LogP contribution in [0.15, 0.2) is 46.3 Å². The summed E-state index contributed by atoms with van der Waals surface area (Å²) in [6, 6.07) is 10.7. The lowest BCUT2D eigenvalue weighted by Crippen LogP contribution is -2.29. The van der Waals surface area contributed by atoms with Crippen molar-refractivity contribution in [3.8, 4) is 0 Å². The Hall–Kier alpha value is -1.46. The summed E-state index contributed by atoms with van der Waals surface area (Å²) in [6.07, 6.45) is 0. The first-order chi connectivity index (χ1) is 8.68. The van der Waals surface area contributed by atoms with Crippen molar-refractivity contribution in [1.82, 2.24) is 5.32 Å². The van der Waals surface area contributed by atoms with Crippen LogP contribution in [-0.4, -0.2) is 18.2 Å². The van der Waals surface area contributed by atoms with E-state index in [1.54, 1.807) is 30.3 Å². The molecule has 0 spiro atoms. The van der Waals surface area contributed by atoms with Crippen molar-refractivity contribution in [2.24, 2.45) is 0 Å². The number of Topliss-reactive ketones (excluding diaryl/α,β-unsaturated/α-hetero) is 1. The second kappa shape index (κ2) is 5.93. The van der Waals surface area contributed by atoms with Gasteiger partial charge in [0.1, 0.15) is 4.88 Å². The topological polar surface area (TPSA) is 46.2 Å². The summed E-state index contributed by atoms with van der Waals surface area (Å²) in [4.78, 5) is 24.1. The monoisotopic (exact) mass is 323 g/mol. The third-order valence-corrected chi connectivity index (χ3v) is 4.17. The highest BCUT2D eigenvalue weighted by Crippen LogP contribution is 2.22. The lowest BCUT2D eigenvalue weighted by molar-refractivity contribution is 0.0906. The Labute approximate surface area is 117 Å². The summed E-state index contributed by atoms with van der Waals surface area (Å²) in [7, 11) is 0. The van der Waals surface area contributed by atoms with Gasteiger partial charge < -0.3 is 5.32 Å². The molecule has 2 aromatic rings. The van der Waals surface area contributed by atoms with Gasteiger partial charge in [0, 0.05) is 10.0 Å². The van der Waals surface area contributed by atoms with Crippen LogP contribution >= 0.6 is 27.3 Å². The molecule has 0 saturated carbocycles. The third-order valence-electron chi connectivity index (χ3n) is 2.33. The highest BCUT2D eigenvalue weighted by Gasteiger charge is 2.13. The molecular formula is C13H10BrNO2S. The van der Waals surface area contributed by atoms with Gasteiger partial charge in [-0.25, -0.2) is 0 Å². The fourth-order valence-corrected chi connectivity index (χ4v) is 2.89. The zero-order valence-corrected chi connectivity index (χ0v) is 11.8. The summed E-state index contributed by atoms with van der Waals surface area (Å²) >= 11 is 4.62. The molecule has 1 amide bonds. The molecule has 18 heavy (non-hydrogen) atoms. The van der Waals surface area contributed by atoms with Gasteiger partial charge in [-0.3, -0.25) is 9.59 Å². The van der Waals surface area contributed by atoms with Crippen LogP contribution in [0.25, 0.3) is 0 Å². The van der Waals surface area contributed by atoms with E-state index in [1.807, 2.05) is 11.4 Å². The van der Waals surface area contributed by atoms with Crippen molar-refractivity contribution < 1.29 is 9.59 Å². The van der Waals surface area contributed by atoms with Gasteiger partial charge in [0.15, 0.2) is 5.78 Å². The van der Waals surface area contributed by atoms with E-state index in [1.165, 1.54) is 11.3 Å². The van der Waals surface area contributed by atoms with Gasteiger partial charge in [0.2, 0.25) is 0 Å². The van der Waals surface area contributed by atoms with E-state index in [0.717, 1.165) is 4.47 Å². The maximum absolute atomic E-state index is 11.8. The Bertz CT molecular complexity index is 565. The number of ketones is 1. The van der Waals surface area contributed by atoms with Crippen molar-refractivity contribution in [2.75, 3.05) is 6.54 Å². The Morgan fingerprint density at radius 3 is 2.50 bits per heavy atom. The van der Waals surface area contributed by atoms with Gasteiger partial charge in [0.25, 0.3) is 5.91 Å². The number of hydrogen-bond donors (Lipinski definition) is 1. The molecule has 0 bridgehead atoms. The molecule has 1 heterocycles. The second-order valence-electron chi connectivity index (χ2n) is 3.57. The summed E-state index contributed by atoms with van der Waals surface area (Å²) in [5.74, 6) is -0.335. The molecule has 3 nitrogen and oxygen atoms in total. The average Bonchev–Trinajstić information content (AvgIpc) is 2.83. The van der Waals surface area contributed by atoms with E-state index < -0.39 is 0 Å². The smallest absolute Gasteiger partial charge is 0.262 e. The van der Waals surface area contributed by atoms with Gasteiger partial charge in [-0.15, -0.1) is 11.3 Å². The zero-order valence-electron chi connectivity index (χ0n) is 9.35. The Kier molecular flexibility index (Phi) is 4.28. The minimum Gasteiger partial charge on any atom is -0.344 e. The van der Waals surface area contributed by atoms with E-state index in [-0.39, 0.29) is 18.2 Å². The van der Waals surface area contributed by atoms with Crippen LogP contribution in [0, 0.1) is 0 Å². The SMILES string of the molecule is O=C(CNC(=O)c1sccc1Br)c1ccccc1. The van der Waals surface area contributed by atoms with Crippen molar-refractivity contribution in [2.45, 2.75) is 0 Å². The lowest BCUT2D eigenvalue weighted by Gasteiger charge is -2.03. The minimum atomic E-state index is -0.235. The molecule has 0 atom stereocenters. The molecule has 1 aromatic heterocycles. The number of rotatable bonds is 4. The van der Waals surface area contributed by atoms with Gasteiger partial charge in [-0.2, -0.15) is 0 Å². The number of thiophene rings is 1. The summed E-state index contributed by atoms with van der Waals surface area (Å²) in [5.41, 5.74) is 0.600. The maximum Gasteiger partial charge on any atom is 0.262 e. The Balaban J connectivity index is 1.95. The summed E-state index contributed by atoms with van der Waals surface area (Å²) in [5, 5.41) is 4.43. The van der Waals surface area contributed by atoms with Crippen LogP contribution in [0.4, 0.5) is 0 Å². The van der Waals surface area contributed by atoms with Crippen molar-refractivity contribution in [3.63, 3.8) is 0 Å². The Morgan fingerprint density at radius 2 is 1.89 bits per heavy atom. The van der Waals surface area contributed by atoms with Crippen LogP contribution in [0.5, 0.6) is 0 Å². The zero-order chi connectivity index (χ0) is 13.0. The van der Waals surface area contributed by atoms with Crippen LogP contribution in [-0.2, 0) is 0 Å². The van der Waals surface area contributed by atoms with Crippen LogP contribution in [0.2, 0.25) is 0 Å². The number of amides is 1. The predicted molar refractivity (Wildman–Crippen MR) is 75.1 cm³/mol. The summed E-state index contributed by atoms with van der Waals surface area (Å²) in [6.45, 7) is 0.00713. The normalized spacial score (nSPS) is 10.1. The van der Waals surface area contributed by atoms with Gasteiger partial charge in [0.05, 0.1) is 6.54 Å². The first-order valence-corrected chi connectivity index (χ1v) is 6.95. The fourth-order valence-electron chi connectivity index (χ4n) is 1.42. The molecule has 92 valence electrons. The van der Waals surface area contributed by atoms with Crippen LogP contribution in [0.3, 0.4) is 0 Å². The molecule has 5 heteroatoms. The first-order valence-electron chi connectivity index (χ1n) is 5.28. The lowest BCUT2D eigenvalue weighted by atomic mass is 10.1.